The van der Waals surface area contributed by atoms with Gasteiger partial charge in [-0.05, 0) is 30.9 Å². The summed E-state index contributed by atoms with van der Waals surface area (Å²) in [4.78, 5) is 50.0. The van der Waals surface area contributed by atoms with Crippen LogP contribution < -0.4 is 5.32 Å². The Bertz CT molecular complexity index is 743. The van der Waals surface area contributed by atoms with Crippen LogP contribution >= 0.6 is 0 Å². The number of piperidine rings is 1. The molecule has 8 heteroatoms. The lowest BCUT2D eigenvalue weighted by molar-refractivity contribution is -0.142. The SMILES string of the molecule is O=C(CN1C(=O)CCC1=O)NCC1CCN(C(=O)c2ccccc2F)CC1. The van der Waals surface area contributed by atoms with Gasteiger partial charge in [0, 0.05) is 32.5 Å². The van der Waals surface area contributed by atoms with E-state index in [9.17, 15) is 23.6 Å². The first-order valence-electron chi connectivity index (χ1n) is 9.09. The van der Waals surface area contributed by atoms with Gasteiger partial charge in [-0.25, -0.2) is 4.39 Å². The van der Waals surface area contributed by atoms with E-state index in [4.69, 9.17) is 0 Å². The van der Waals surface area contributed by atoms with E-state index in [1.54, 1.807) is 17.0 Å². The normalized spacial score (nSPS) is 18.1. The topological polar surface area (TPSA) is 86.8 Å². The van der Waals surface area contributed by atoms with Crippen molar-refractivity contribution >= 4 is 23.6 Å². The molecule has 2 saturated heterocycles. The van der Waals surface area contributed by atoms with Crippen LogP contribution in [0.3, 0.4) is 0 Å². The van der Waals surface area contributed by atoms with Crippen LogP contribution in [-0.2, 0) is 14.4 Å². The minimum Gasteiger partial charge on any atom is -0.354 e. The van der Waals surface area contributed by atoms with Gasteiger partial charge in [-0.2, -0.15) is 0 Å². The summed E-state index contributed by atoms with van der Waals surface area (Å²) in [7, 11) is 0. The molecule has 0 saturated carbocycles. The molecule has 144 valence electrons. The fraction of sp³-hybridized carbons (Fsp3) is 0.474. The maximum Gasteiger partial charge on any atom is 0.256 e. The highest BCUT2D eigenvalue weighted by Gasteiger charge is 2.31. The number of hydrogen-bond donors (Lipinski definition) is 1. The second-order valence-electron chi connectivity index (χ2n) is 6.89. The number of nitrogens with one attached hydrogen (secondary N) is 1. The monoisotopic (exact) mass is 375 g/mol. The van der Waals surface area contributed by atoms with E-state index in [0.717, 1.165) is 4.90 Å². The van der Waals surface area contributed by atoms with Crippen LogP contribution in [0.2, 0.25) is 0 Å². The van der Waals surface area contributed by atoms with Crippen molar-refractivity contribution in [2.24, 2.45) is 5.92 Å². The van der Waals surface area contributed by atoms with Crippen molar-refractivity contribution in [3.63, 3.8) is 0 Å². The van der Waals surface area contributed by atoms with E-state index in [1.807, 2.05) is 0 Å². The molecule has 0 aromatic heterocycles. The fourth-order valence-electron chi connectivity index (χ4n) is 3.40. The second kappa shape index (κ2) is 8.28. The van der Waals surface area contributed by atoms with Crippen LogP contribution in [0.4, 0.5) is 4.39 Å². The van der Waals surface area contributed by atoms with Crippen LogP contribution in [0.1, 0.15) is 36.0 Å². The van der Waals surface area contributed by atoms with Gasteiger partial charge < -0.3 is 10.2 Å². The number of halogens is 1. The highest BCUT2D eigenvalue weighted by atomic mass is 19.1. The molecule has 2 fully saturated rings. The maximum atomic E-state index is 13.8. The van der Waals surface area contributed by atoms with E-state index < -0.39 is 5.82 Å². The predicted octanol–water partition coefficient (Wildman–Crippen LogP) is 0.943. The van der Waals surface area contributed by atoms with Gasteiger partial charge in [0.2, 0.25) is 17.7 Å². The number of hydrogen-bond acceptors (Lipinski definition) is 4. The Kier molecular flexibility index (Phi) is 5.83. The molecule has 2 heterocycles. The van der Waals surface area contributed by atoms with Crippen LogP contribution in [0.15, 0.2) is 24.3 Å². The van der Waals surface area contributed by atoms with E-state index in [1.165, 1.54) is 12.1 Å². The smallest absolute Gasteiger partial charge is 0.256 e. The molecule has 1 N–H and O–H groups in total. The van der Waals surface area contributed by atoms with Crippen molar-refractivity contribution in [1.29, 1.82) is 0 Å². The molecule has 0 bridgehead atoms. The molecule has 0 spiro atoms. The van der Waals surface area contributed by atoms with E-state index in [-0.39, 0.29) is 54.5 Å². The molecular weight excluding hydrogens is 353 g/mol. The molecule has 2 aliphatic rings. The zero-order chi connectivity index (χ0) is 19.4. The number of amides is 4. The van der Waals surface area contributed by atoms with Gasteiger partial charge in [-0.1, -0.05) is 12.1 Å². The first kappa shape index (κ1) is 19.0. The standard InChI is InChI=1S/C19H22FN3O4/c20-15-4-2-1-3-14(15)19(27)22-9-7-13(8-10-22)11-21-16(24)12-23-17(25)5-6-18(23)26/h1-4,13H,5-12H2,(H,21,24). The molecule has 0 aliphatic carbocycles. The lowest BCUT2D eigenvalue weighted by Crippen LogP contribution is -2.44. The van der Waals surface area contributed by atoms with Crippen molar-refractivity contribution < 1.29 is 23.6 Å². The van der Waals surface area contributed by atoms with E-state index in [2.05, 4.69) is 5.32 Å². The van der Waals surface area contributed by atoms with Gasteiger partial charge in [-0.3, -0.25) is 24.1 Å². The summed E-state index contributed by atoms with van der Waals surface area (Å²) in [5, 5.41) is 2.76. The van der Waals surface area contributed by atoms with Gasteiger partial charge >= 0.3 is 0 Å². The van der Waals surface area contributed by atoms with Crippen molar-refractivity contribution in [3.05, 3.63) is 35.6 Å². The summed E-state index contributed by atoms with van der Waals surface area (Å²) < 4.78 is 13.8. The lowest BCUT2D eigenvalue weighted by Gasteiger charge is -2.32. The summed E-state index contributed by atoms with van der Waals surface area (Å²) in [5.74, 6) is -1.62. The largest absolute Gasteiger partial charge is 0.354 e. The van der Waals surface area contributed by atoms with Gasteiger partial charge in [-0.15, -0.1) is 0 Å². The minimum atomic E-state index is -0.525. The maximum absolute atomic E-state index is 13.8. The Morgan fingerprint density at radius 2 is 1.70 bits per heavy atom. The highest BCUT2D eigenvalue weighted by Crippen LogP contribution is 2.19. The third kappa shape index (κ3) is 4.50. The molecular formula is C19H22FN3O4. The molecule has 0 atom stereocenters. The van der Waals surface area contributed by atoms with Gasteiger partial charge in [0.1, 0.15) is 12.4 Å². The Labute approximate surface area is 156 Å². The molecule has 2 aliphatic heterocycles. The zero-order valence-electron chi connectivity index (χ0n) is 14.9. The minimum absolute atomic E-state index is 0.0733. The number of rotatable bonds is 5. The lowest BCUT2D eigenvalue weighted by atomic mass is 9.96. The van der Waals surface area contributed by atoms with E-state index in [0.29, 0.717) is 32.5 Å². The Balaban J connectivity index is 1.42. The third-order valence-electron chi connectivity index (χ3n) is 5.05. The van der Waals surface area contributed by atoms with Gasteiger partial charge in [0.25, 0.3) is 5.91 Å². The number of nitrogens with zero attached hydrogens (tertiary/aromatic N) is 2. The molecule has 4 amide bonds. The van der Waals surface area contributed by atoms with Gasteiger partial charge in [0.05, 0.1) is 5.56 Å². The highest BCUT2D eigenvalue weighted by molar-refractivity contribution is 6.04. The summed E-state index contributed by atoms with van der Waals surface area (Å²) >= 11 is 0. The summed E-state index contributed by atoms with van der Waals surface area (Å²) in [5.41, 5.74) is 0.0733. The molecule has 1 aromatic rings. The Morgan fingerprint density at radius 1 is 1.07 bits per heavy atom. The van der Waals surface area contributed by atoms with Crippen LogP contribution in [-0.4, -0.2) is 59.6 Å². The van der Waals surface area contributed by atoms with Crippen LogP contribution in [0.25, 0.3) is 0 Å². The average molecular weight is 375 g/mol. The first-order valence-corrected chi connectivity index (χ1v) is 9.09. The number of carbonyl (C=O) groups excluding carboxylic acids is 4. The fourth-order valence-corrected chi connectivity index (χ4v) is 3.40. The summed E-state index contributed by atoms with van der Waals surface area (Å²) in [6.45, 7) is 1.19. The number of imide groups is 1. The Morgan fingerprint density at radius 3 is 2.33 bits per heavy atom. The summed E-state index contributed by atoms with van der Waals surface area (Å²) in [6, 6.07) is 5.93. The molecule has 1 aromatic carbocycles. The molecule has 0 radical (unpaired) electrons. The van der Waals surface area contributed by atoms with Crippen LogP contribution in [0.5, 0.6) is 0 Å². The van der Waals surface area contributed by atoms with Crippen molar-refractivity contribution in [2.75, 3.05) is 26.2 Å². The quantitative estimate of drug-likeness (QED) is 0.776. The second-order valence-corrected chi connectivity index (χ2v) is 6.89. The number of carbonyl (C=O) groups is 4. The third-order valence-corrected chi connectivity index (χ3v) is 5.05. The summed E-state index contributed by atoms with van der Waals surface area (Å²) in [6.07, 6.45) is 1.73. The van der Waals surface area contributed by atoms with Crippen molar-refractivity contribution in [1.82, 2.24) is 15.1 Å². The molecule has 7 nitrogen and oxygen atoms in total. The zero-order valence-corrected chi connectivity index (χ0v) is 14.9. The average Bonchev–Trinajstić information content (AvgIpc) is 2.98. The molecule has 3 rings (SSSR count). The molecule has 27 heavy (non-hydrogen) atoms. The van der Waals surface area contributed by atoms with Gasteiger partial charge in [0.15, 0.2) is 0 Å². The van der Waals surface area contributed by atoms with Crippen molar-refractivity contribution in [3.8, 4) is 0 Å². The Hall–Kier alpha value is -2.77. The van der Waals surface area contributed by atoms with Crippen LogP contribution in [0, 0.1) is 11.7 Å². The predicted molar refractivity (Wildman–Crippen MR) is 94.0 cm³/mol. The van der Waals surface area contributed by atoms with Crippen molar-refractivity contribution in [2.45, 2.75) is 25.7 Å². The first-order chi connectivity index (χ1) is 13.0. The van der Waals surface area contributed by atoms with E-state index >= 15 is 0 Å². The number of benzene rings is 1. The molecule has 0 unspecified atom stereocenters. The number of likely N-dealkylation sites (tertiary alicyclic amines) is 2.